The first-order valence-corrected chi connectivity index (χ1v) is 10.1. The summed E-state index contributed by atoms with van der Waals surface area (Å²) in [5, 5.41) is 0. The quantitative estimate of drug-likeness (QED) is 0.374. The fraction of sp³-hybridized carbons (Fsp3) is 0.478. The summed E-state index contributed by atoms with van der Waals surface area (Å²) < 4.78 is 11.6. The van der Waals surface area contributed by atoms with E-state index in [0.717, 1.165) is 60.1 Å². The van der Waals surface area contributed by atoms with Crippen molar-refractivity contribution in [2.75, 3.05) is 24.7 Å². The van der Waals surface area contributed by atoms with Crippen molar-refractivity contribution in [3.8, 4) is 11.5 Å². The molecule has 0 atom stereocenters. The summed E-state index contributed by atoms with van der Waals surface area (Å²) in [6.07, 6.45) is 8.30. The average Bonchev–Trinajstić information content (AvgIpc) is 2.66. The van der Waals surface area contributed by atoms with Gasteiger partial charge in [-0.15, -0.1) is 0 Å². The second-order valence-electron chi connectivity index (χ2n) is 7.15. The van der Waals surface area contributed by atoms with E-state index in [2.05, 4.69) is 0 Å². The molecule has 0 saturated carbocycles. The smallest absolute Gasteiger partial charge is 0.142 e. The van der Waals surface area contributed by atoms with Crippen molar-refractivity contribution >= 4 is 11.4 Å². The van der Waals surface area contributed by atoms with Gasteiger partial charge in [-0.3, -0.25) is 0 Å². The summed E-state index contributed by atoms with van der Waals surface area (Å²) in [6, 6.07) is 11.9. The van der Waals surface area contributed by atoms with Gasteiger partial charge in [0, 0.05) is 0 Å². The molecule has 2 aromatic rings. The van der Waals surface area contributed by atoms with Gasteiger partial charge in [0.25, 0.3) is 0 Å². The second-order valence-corrected chi connectivity index (χ2v) is 7.15. The third kappa shape index (κ3) is 7.05. The Morgan fingerprint density at radius 1 is 0.593 bits per heavy atom. The number of aryl methyl sites for hydroxylation is 2. The number of hydrogen-bond acceptors (Lipinski definition) is 4. The Morgan fingerprint density at radius 2 is 0.963 bits per heavy atom. The lowest BCUT2D eigenvalue weighted by molar-refractivity contribution is 0.301. The molecule has 0 radical (unpaired) electrons. The SMILES string of the molecule is Cc1cccc(OCCCCCCCCCOc2cccc(C)c2N)c1N. The van der Waals surface area contributed by atoms with Gasteiger partial charge in [0.1, 0.15) is 11.5 Å². The van der Waals surface area contributed by atoms with Crippen LogP contribution in [-0.4, -0.2) is 13.2 Å². The van der Waals surface area contributed by atoms with Crippen LogP contribution in [0.3, 0.4) is 0 Å². The van der Waals surface area contributed by atoms with E-state index in [0.29, 0.717) is 0 Å². The van der Waals surface area contributed by atoms with Gasteiger partial charge in [-0.2, -0.15) is 0 Å². The van der Waals surface area contributed by atoms with Gasteiger partial charge >= 0.3 is 0 Å². The maximum atomic E-state index is 6.01. The molecule has 4 N–H and O–H groups in total. The zero-order valence-corrected chi connectivity index (χ0v) is 16.8. The predicted octanol–water partition coefficient (Wildman–Crippen LogP) is 5.66. The van der Waals surface area contributed by atoms with E-state index in [9.17, 15) is 0 Å². The highest BCUT2D eigenvalue weighted by Gasteiger charge is 2.03. The van der Waals surface area contributed by atoms with Gasteiger partial charge in [0.2, 0.25) is 0 Å². The van der Waals surface area contributed by atoms with E-state index in [-0.39, 0.29) is 0 Å². The molecule has 0 heterocycles. The van der Waals surface area contributed by atoms with Crippen LogP contribution in [0.4, 0.5) is 11.4 Å². The second kappa shape index (κ2) is 11.4. The van der Waals surface area contributed by atoms with Crippen LogP contribution in [0.25, 0.3) is 0 Å². The maximum absolute atomic E-state index is 6.01. The molecule has 0 saturated heterocycles. The van der Waals surface area contributed by atoms with Crippen LogP contribution in [0.15, 0.2) is 36.4 Å². The molecular weight excluding hydrogens is 336 g/mol. The van der Waals surface area contributed by atoms with Gasteiger partial charge in [-0.25, -0.2) is 0 Å². The lowest BCUT2D eigenvalue weighted by atomic mass is 10.1. The van der Waals surface area contributed by atoms with E-state index in [1.165, 1.54) is 32.1 Å². The van der Waals surface area contributed by atoms with Crippen molar-refractivity contribution < 1.29 is 9.47 Å². The van der Waals surface area contributed by atoms with Gasteiger partial charge in [0.05, 0.1) is 24.6 Å². The van der Waals surface area contributed by atoms with E-state index in [1.807, 2.05) is 50.2 Å². The van der Waals surface area contributed by atoms with Gasteiger partial charge in [0.15, 0.2) is 0 Å². The number of unbranched alkanes of at least 4 members (excludes halogenated alkanes) is 6. The van der Waals surface area contributed by atoms with E-state index in [1.54, 1.807) is 0 Å². The Labute approximate surface area is 163 Å². The molecule has 0 aliphatic heterocycles. The minimum Gasteiger partial charge on any atom is -0.491 e. The first kappa shape index (κ1) is 20.9. The molecule has 2 rings (SSSR count). The highest BCUT2D eigenvalue weighted by atomic mass is 16.5. The Morgan fingerprint density at radius 3 is 1.37 bits per heavy atom. The fourth-order valence-electron chi connectivity index (χ4n) is 3.01. The number of para-hydroxylation sites is 2. The molecule has 4 nitrogen and oxygen atoms in total. The first-order chi connectivity index (χ1) is 13.1. The zero-order chi connectivity index (χ0) is 19.5. The average molecular weight is 371 g/mol. The van der Waals surface area contributed by atoms with E-state index in [4.69, 9.17) is 20.9 Å². The van der Waals surface area contributed by atoms with Crippen molar-refractivity contribution in [2.24, 2.45) is 0 Å². The van der Waals surface area contributed by atoms with E-state index >= 15 is 0 Å². The number of nitrogens with two attached hydrogens (primary N) is 2. The molecule has 27 heavy (non-hydrogen) atoms. The van der Waals surface area contributed by atoms with Crippen molar-refractivity contribution in [1.29, 1.82) is 0 Å². The minimum atomic E-state index is 0.736. The third-order valence-corrected chi connectivity index (χ3v) is 4.87. The molecule has 0 amide bonds. The maximum Gasteiger partial charge on any atom is 0.142 e. The van der Waals surface area contributed by atoms with Gasteiger partial charge in [-0.05, 0) is 49.9 Å². The highest BCUT2D eigenvalue weighted by molar-refractivity contribution is 5.58. The van der Waals surface area contributed by atoms with Crippen LogP contribution in [0.1, 0.15) is 56.1 Å². The number of benzene rings is 2. The van der Waals surface area contributed by atoms with Crippen molar-refractivity contribution in [1.82, 2.24) is 0 Å². The summed E-state index contributed by atoms with van der Waals surface area (Å²) >= 11 is 0. The van der Waals surface area contributed by atoms with Crippen LogP contribution in [0.2, 0.25) is 0 Å². The van der Waals surface area contributed by atoms with E-state index < -0.39 is 0 Å². The molecular formula is C23H34N2O2. The predicted molar refractivity (Wildman–Crippen MR) is 114 cm³/mol. The van der Waals surface area contributed by atoms with Crippen molar-refractivity contribution in [2.45, 2.75) is 58.8 Å². The Hall–Kier alpha value is -2.36. The lowest BCUT2D eigenvalue weighted by Gasteiger charge is -2.11. The monoisotopic (exact) mass is 370 g/mol. The largest absolute Gasteiger partial charge is 0.491 e. The number of hydrogen-bond donors (Lipinski definition) is 2. The third-order valence-electron chi connectivity index (χ3n) is 4.87. The van der Waals surface area contributed by atoms with Crippen LogP contribution in [-0.2, 0) is 0 Å². The first-order valence-electron chi connectivity index (χ1n) is 10.1. The minimum absolute atomic E-state index is 0.736. The summed E-state index contributed by atoms with van der Waals surface area (Å²) in [6.45, 7) is 5.48. The Kier molecular flexibility index (Phi) is 8.82. The van der Waals surface area contributed by atoms with Crippen LogP contribution < -0.4 is 20.9 Å². The summed E-state index contributed by atoms with van der Waals surface area (Å²) in [5.41, 5.74) is 15.7. The number of nitrogen functional groups attached to an aromatic ring is 2. The number of rotatable bonds is 12. The topological polar surface area (TPSA) is 70.5 Å². The molecule has 4 heteroatoms. The molecule has 0 aliphatic carbocycles. The van der Waals surface area contributed by atoms with Crippen LogP contribution in [0, 0.1) is 13.8 Å². The molecule has 148 valence electrons. The normalized spacial score (nSPS) is 10.7. The fourth-order valence-corrected chi connectivity index (χ4v) is 3.01. The summed E-state index contributed by atoms with van der Waals surface area (Å²) in [7, 11) is 0. The summed E-state index contributed by atoms with van der Waals surface area (Å²) in [4.78, 5) is 0. The standard InChI is InChI=1S/C23H34N2O2/c1-18-12-10-14-20(22(18)24)26-16-8-6-4-3-5-7-9-17-27-21-15-11-13-19(2)23(21)25/h10-15H,3-9,16-17,24-25H2,1-2H3. The molecule has 0 aliphatic rings. The number of anilines is 2. The Bertz CT molecular complexity index is 641. The molecule has 0 aromatic heterocycles. The molecule has 0 spiro atoms. The van der Waals surface area contributed by atoms with Crippen molar-refractivity contribution in [3.63, 3.8) is 0 Å². The number of ether oxygens (including phenoxy) is 2. The molecule has 0 bridgehead atoms. The summed E-state index contributed by atoms with van der Waals surface area (Å²) in [5.74, 6) is 1.62. The zero-order valence-electron chi connectivity index (χ0n) is 16.8. The molecule has 0 fully saturated rings. The van der Waals surface area contributed by atoms with Crippen molar-refractivity contribution in [3.05, 3.63) is 47.5 Å². The van der Waals surface area contributed by atoms with Crippen LogP contribution in [0.5, 0.6) is 11.5 Å². The molecule has 0 unspecified atom stereocenters. The molecule has 2 aromatic carbocycles. The highest BCUT2D eigenvalue weighted by Crippen LogP contribution is 2.25. The lowest BCUT2D eigenvalue weighted by Crippen LogP contribution is -2.02. The Balaban J connectivity index is 1.45. The van der Waals surface area contributed by atoms with Gasteiger partial charge in [-0.1, -0.05) is 56.4 Å². The van der Waals surface area contributed by atoms with Crippen LogP contribution >= 0.6 is 0 Å². The van der Waals surface area contributed by atoms with Gasteiger partial charge < -0.3 is 20.9 Å².